The number of carbonyl (C=O) groups is 3. The summed E-state index contributed by atoms with van der Waals surface area (Å²) < 4.78 is 6.21. The molecule has 10 heteroatoms. The molecule has 2 unspecified atom stereocenters. The van der Waals surface area contributed by atoms with Gasteiger partial charge in [-0.2, -0.15) is 0 Å². The summed E-state index contributed by atoms with van der Waals surface area (Å²) in [5.41, 5.74) is 3.59. The first kappa shape index (κ1) is 31.6. The lowest BCUT2D eigenvalue weighted by Crippen LogP contribution is -2.59. The number of carbonyl (C=O) groups excluding carboxylic acids is 3. The van der Waals surface area contributed by atoms with Gasteiger partial charge in [0, 0.05) is 6.54 Å². The summed E-state index contributed by atoms with van der Waals surface area (Å²) in [5, 5.41) is 9.57. The Kier molecular flexibility index (Phi) is 9.58. The Morgan fingerprint density at radius 3 is 2.42 bits per heavy atom. The molecule has 1 aliphatic carbocycles. The molecule has 234 valence electrons. The SMILES string of the molecule is Cc1ncsc1-c1ccc(C(C)NC(=O)[C@@H]2CCCN2C(=O)C(NC(=O)C2(OCC3CCNCC3)CC2)C(C)(C)C)cc1. The van der Waals surface area contributed by atoms with E-state index in [1.54, 1.807) is 16.2 Å². The molecule has 1 saturated carbocycles. The topological polar surface area (TPSA) is 113 Å². The Bertz CT molecular complexity index is 1290. The number of hydrogen-bond acceptors (Lipinski definition) is 7. The maximum absolute atomic E-state index is 14.0. The van der Waals surface area contributed by atoms with E-state index in [2.05, 4.69) is 33.1 Å². The van der Waals surface area contributed by atoms with E-state index in [-0.39, 0.29) is 23.8 Å². The highest BCUT2D eigenvalue weighted by atomic mass is 32.1. The normalized spacial score (nSPS) is 21.7. The van der Waals surface area contributed by atoms with Crippen molar-refractivity contribution in [2.24, 2.45) is 11.3 Å². The van der Waals surface area contributed by atoms with Gasteiger partial charge in [-0.1, -0.05) is 45.0 Å². The van der Waals surface area contributed by atoms with Crippen molar-refractivity contribution >= 4 is 29.1 Å². The minimum absolute atomic E-state index is 0.163. The maximum atomic E-state index is 14.0. The molecule has 3 fully saturated rings. The van der Waals surface area contributed by atoms with E-state index < -0.39 is 23.1 Å². The highest BCUT2D eigenvalue weighted by Gasteiger charge is 2.53. The zero-order valence-electron chi connectivity index (χ0n) is 26.2. The van der Waals surface area contributed by atoms with Crippen LogP contribution in [0.3, 0.4) is 0 Å². The van der Waals surface area contributed by atoms with E-state index in [0.29, 0.717) is 38.3 Å². The number of likely N-dealkylation sites (tertiary alicyclic amines) is 1. The molecule has 2 saturated heterocycles. The second-order valence-corrected chi connectivity index (χ2v) is 14.4. The molecular formula is C33H47N5O4S. The largest absolute Gasteiger partial charge is 0.365 e. The Morgan fingerprint density at radius 2 is 1.81 bits per heavy atom. The molecule has 3 amide bonds. The van der Waals surface area contributed by atoms with E-state index in [1.807, 2.05) is 52.3 Å². The zero-order valence-corrected chi connectivity index (χ0v) is 27.0. The number of nitrogens with one attached hydrogen (secondary N) is 3. The molecule has 0 spiro atoms. The standard InChI is InChI=1S/C33H47N5O4S/c1-21(24-8-10-25(11-9-24)27-22(2)35-20-43-27)36-29(39)26-7-6-18-38(26)30(40)28(32(3,4)5)37-31(41)33(14-15-33)42-19-23-12-16-34-17-13-23/h8-11,20-21,23,26,28,34H,6-7,12-19H2,1-5H3,(H,36,39)(H,37,41)/t21?,26-,28?/m0/s1. The highest BCUT2D eigenvalue weighted by molar-refractivity contribution is 7.13. The number of benzene rings is 1. The molecule has 2 aliphatic heterocycles. The zero-order chi connectivity index (χ0) is 30.8. The molecule has 43 heavy (non-hydrogen) atoms. The summed E-state index contributed by atoms with van der Waals surface area (Å²) >= 11 is 1.61. The number of piperidine rings is 1. The van der Waals surface area contributed by atoms with Gasteiger partial charge < -0.3 is 25.6 Å². The van der Waals surface area contributed by atoms with Crippen LogP contribution < -0.4 is 16.0 Å². The third-order valence-electron chi connectivity index (χ3n) is 9.18. The van der Waals surface area contributed by atoms with Gasteiger partial charge in [0.2, 0.25) is 11.8 Å². The van der Waals surface area contributed by atoms with Crippen molar-refractivity contribution in [3.63, 3.8) is 0 Å². The highest BCUT2D eigenvalue weighted by Crippen LogP contribution is 2.41. The minimum atomic E-state index is -0.833. The van der Waals surface area contributed by atoms with Gasteiger partial charge in [-0.05, 0) is 87.9 Å². The molecule has 9 nitrogen and oxygen atoms in total. The van der Waals surface area contributed by atoms with E-state index >= 15 is 0 Å². The minimum Gasteiger partial charge on any atom is -0.365 e. The number of aryl methyl sites for hydroxylation is 1. The number of rotatable bonds is 10. The average molecular weight is 610 g/mol. The van der Waals surface area contributed by atoms with Crippen LogP contribution in [0.2, 0.25) is 0 Å². The van der Waals surface area contributed by atoms with Gasteiger partial charge >= 0.3 is 0 Å². The summed E-state index contributed by atoms with van der Waals surface area (Å²) in [4.78, 5) is 48.2. The van der Waals surface area contributed by atoms with Crippen LogP contribution in [0.4, 0.5) is 0 Å². The lowest BCUT2D eigenvalue weighted by Gasteiger charge is -2.36. The quantitative estimate of drug-likeness (QED) is 0.369. The second kappa shape index (κ2) is 13.0. The molecule has 1 aromatic heterocycles. The number of amides is 3. The number of ether oxygens (including phenoxy) is 1. The molecule has 0 radical (unpaired) electrons. The van der Waals surface area contributed by atoms with E-state index in [4.69, 9.17) is 4.74 Å². The van der Waals surface area contributed by atoms with E-state index in [9.17, 15) is 14.4 Å². The number of nitrogens with zero attached hydrogens (tertiary/aromatic N) is 2. The van der Waals surface area contributed by atoms with Crippen LogP contribution in [-0.4, -0.2) is 71.5 Å². The van der Waals surface area contributed by atoms with Crippen molar-refractivity contribution in [3.8, 4) is 10.4 Å². The first-order valence-corrected chi connectivity index (χ1v) is 16.6. The second-order valence-electron chi connectivity index (χ2n) is 13.6. The fraction of sp³-hybridized carbons (Fsp3) is 0.636. The van der Waals surface area contributed by atoms with Gasteiger partial charge in [0.1, 0.15) is 17.7 Å². The summed E-state index contributed by atoms with van der Waals surface area (Å²) in [5.74, 6) is -0.118. The lowest BCUT2D eigenvalue weighted by molar-refractivity contribution is -0.147. The molecule has 3 N–H and O–H groups in total. The number of aromatic nitrogens is 1. The summed E-state index contributed by atoms with van der Waals surface area (Å²) in [6.07, 6.45) is 4.79. The summed E-state index contributed by atoms with van der Waals surface area (Å²) in [6.45, 7) is 12.9. The first-order chi connectivity index (χ1) is 20.5. The molecule has 5 rings (SSSR count). The Labute approximate surface area is 259 Å². The Balaban J connectivity index is 1.21. The maximum Gasteiger partial charge on any atom is 0.252 e. The summed E-state index contributed by atoms with van der Waals surface area (Å²) in [7, 11) is 0. The van der Waals surface area contributed by atoms with Crippen molar-refractivity contribution < 1.29 is 19.1 Å². The van der Waals surface area contributed by atoms with Gasteiger partial charge in [-0.15, -0.1) is 11.3 Å². The monoisotopic (exact) mass is 609 g/mol. The van der Waals surface area contributed by atoms with Crippen molar-refractivity contribution in [1.29, 1.82) is 0 Å². The van der Waals surface area contributed by atoms with Crippen molar-refractivity contribution in [1.82, 2.24) is 25.8 Å². The third-order valence-corrected chi connectivity index (χ3v) is 10.2. The van der Waals surface area contributed by atoms with Crippen LogP contribution in [0.1, 0.15) is 83.5 Å². The van der Waals surface area contributed by atoms with Crippen LogP contribution in [-0.2, 0) is 19.1 Å². The van der Waals surface area contributed by atoms with Crippen molar-refractivity contribution in [2.45, 2.75) is 96.9 Å². The summed E-state index contributed by atoms with van der Waals surface area (Å²) in [6, 6.07) is 6.64. The molecule has 0 bridgehead atoms. The van der Waals surface area contributed by atoms with Gasteiger partial charge in [-0.3, -0.25) is 14.4 Å². The number of hydrogen-bond donors (Lipinski definition) is 3. The van der Waals surface area contributed by atoms with E-state index in [0.717, 1.165) is 54.0 Å². The van der Waals surface area contributed by atoms with Crippen LogP contribution in [0.15, 0.2) is 29.8 Å². The van der Waals surface area contributed by atoms with Gasteiger partial charge in [-0.25, -0.2) is 4.98 Å². The van der Waals surface area contributed by atoms with Gasteiger partial charge in [0.15, 0.2) is 0 Å². The molecule has 1 aromatic carbocycles. The Hall–Kier alpha value is -2.82. The van der Waals surface area contributed by atoms with Crippen molar-refractivity contribution in [3.05, 3.63) is 41.0 Å². The average Bonchev–Trinajstić information content (AvgIpc) is 3.39. The fourth-order valence-corrected chi connectivity index (χ4v) is 6.96. The lowest BCUT2D eigenvalue weighted by atomic mass is 9.85. The predicted molar refractivity (Wildman–Crippen MR) is 168 cm³/mol. The number of thiazole rings is 1. The van der Waals surface area contributed by atoms with Gasteiger partial charge in [0.05, 0.1) is 28.7 Å². The van der Waals surface area contributed by atoms with Crippen LogP contribution >= 0.6 is 11.3 Å². The first-order valence-electron chi connectivity index (χ1n) is 15.8. The molecule has 3 heterocycles. The molecular weight excluding hydrogens is 562 g/mol. The molecule has 3 aliphatic rings. The van der Waals surface area contributed by atoms with Crippen LogP contribution in [0.25, 0.3) is 10.4 Å². The van der Waals surface area contributed by atoms with E-state index in [1.165, 1.54) is 0 Å². The van der Waals surface area contributed by atoms with Crippen LogP contribution in [0, 0.1) is 18.3 Å². The van der Waals surface area contributed by atoms with Crippen LogP contribution in [0.5, 0.6) is 0 Å². The smallest absolute Gasteiger partial charge is 0.252 e. The van der Waals surface area contributed by atoms with Gasteiger partial charge in [0.25, 0.3) is 5.91 Å². The third kappa shape index (κ3) is 7.29. The Morgan fingerprint density at radius 1 is 1.12 bits per heavy atom. The molecule has 2 aromatic rings. The fourth-order valence-electron chi connectivity index (χ4n) is 6.15. The van der Waals surface area contributed by atoms with Crippen molar-refractivity contribution in [2.75, 3.05) is 26.2 Å². The predicted octanol–water partition coefficient (Wildman–Crippen LogP) is 4.37. The molecule has 3 atom stereocenters.